The summed E-state index contributed by atoms with van der Waals surface area (Å²) in [4.78, 5) is 0. The fourth-order valence-corrected chi connectivity index (χ4v) is 3.98. The normalized spacial score (nSPS) is 14.4. The van der Waals surface area contributed by atoms with Crippen LogP contribution in [-0.2, 0) is 8.85 Å². The molecular weight excluding hydrogens is 194 g/mol. The van der Waals surface area contributed by atoms with Gasteiger partial charge in [0.15, 0.2) is 0 Å². The van der Waals surface area contributed by atoms with Crippen molar-refractivity contribution in [2.75, 3.05) is 13.2 Å². The van der Waals surface area contributed by atoms with Gasteiger partial charge in [-0.25, -0.2) is 0 Å². The topological polar surface area (TPSA) is 44.5 Å². The van der Waals surface area contributed by atoms with Crippen LogP contribution in [0.1, 0.15) is 33.6 Å². The van der Waals surface area contributed by atoms with E-state index in [1.54, 1.807) is 0 Å². The molecule has 0 saturated heterocycles. The summed E-state index contributed by atoms with van der Waals surface area (Å²) < 4.78 is 11.5. The quantitative estimate of drug-likeness (QED) is 0.637. The third-order valence-corrected chi connectivity index (χ3v) is 5.25. The lowest BCUT2D eigenvalue weighted by Gasteiger charge is -2.26. The van der Waals surface area contributed by atoms with Gasteiger partial charge in [-0.1, -0.05) is 0 Å². The molecule has 0 fully saturated rings. The largest absolute Gasteiger partial charge is 0.395 e. The first-order valence-electron chi connectivity index (χ1n) is 5.57. The Morgan fingerprint density at radius 3 is 2.07 bits per heavy atom. The monoisotopic (exact) mass is 219 g/mol. The van der Waals surface area contributed by atoms with Crippen LogP contribution in [0.5, 0.6) is 0 Å². The maximum Gasteiger partial charge on any atom is 0.334 e. The zero-order valence-electron chi connectivity index (χ0n) is 10.0. The third-order valence-electron chi connectivity index (χ3n) is 2.19. The van der Waals surface area contributed by atoms with Crippen molar-refractivity contribution in [2.24, 2.45) is 5.73 Å². The highest BCUT2D eigenvalue weighted by Crippen LogP contribution is 2.17. The second-order valence-electron chi connectivity index (χ2n) is 3.87. The van der Waals surface area contributed by atoms with E-state index in [9.17, 15) is 0 Å². The minimum absolute atomic E-state index is 0.288. The standard InChI is InChI=1S/C10H25NO2Si/c1-5-12-14(4,13-6-2)9-7-8-10(3)11/h10H,5-9,11H2,1-4H3. The maximum atomic E-state index is 5.73. The molecule has 0 aliphatic heterocycles. The highest BCUT2D eigenvalue weighted by molar-refractivity contribution is 6.66. The molecule has 0 bridgehead atoms. The summed E-state index contributed by atoms with van der Waals surface area (Å²) in [5, 5.41) is 0. The minimum atomic E-state index is -1.87. The Bertz CT molecular complexity index is 136. The molecule has 0 aliphatic carbocycles. The fraction of sp³-hybridized carbons (Fsp3) is 1.00. The molecule has 1 atom stereocenters. The number of hydrogen-bond donors (Lipinski definition) is 1. The average Bonchev–Trinajstić information content (AvgIpc) is 2.03. The fourth-order valence-electron chi connectivity index (χ4n) is 1.54. The molecule has 86 valence electrons. The first-order valence-corrected chi connectivity index (χ1v) is 8.10. The van der Waals surface area contributed by atoms with E-state index in [0.29, 0.717) is 0 Å². The first-order chi connectivity index (χ1) is 6.54. The van der Waals surface area contributed by atoms with E-state index < -0.39 is 8.56 Å². The maximum absolute atomic E-state index is 5.73. The number of rotatable bonds is 8. The SMILES string of the molecule is CCO[Si](C)(CCCC(C)N)OCC. The van der Waals surface area contributed by atoms with E-state index in [1.807, 2.05) is 20.8 Å². The summed E-state index contributed by atoms with van der Waals surface area (Å²) in [6.07, 6.45) is 2.17. The zero-order chi connectivity index (χ0) is 11.0. The Labute approximate surface area is 89.2 Å². The number of hydrogen-bond acceptors (Lipinski definition) is 3. The molecule has 2 N–H and O–H groups in total. The van der Waals surface area contributed by atoms with Crippen molar-refractivity contribution in [1.82, 2.24) is 0 Å². The molecule has 0 aromatic carbocycles. The summed E-state index contributed by atoms with van der Waals surface area (Å²) in [5.74, 6) is 0. The minimum Gasteiger partial charge on any atom is -0.395 e. The van der Waals surface area contributed by atoms with Gasteiger partial charge in [0.05, 0.1) is 0 Å². The van der Waals surface area contributed by atoms with E-state index in [0.717, 1.165) is 32.1 Å². The van der Waals surface area contributed by atoms with Gasteiger partial charge in [0.25, 0.3) is 0 Å². The van der Waals surface area contributed by atoms with Crippen LogP contribution in [0.2, 0.25) is 12.6 Å². The number of nitrogens with two attached hydrogens (primary N) is 1. The van der Waals surface area contributed by atoms with Gasteiger partial charge in [0.2, 0.25) is 0 Å². The van der Waals surface area contributed by atoms with Crippen LogP contribution in [0.15, 0.2) is 0 Å². The zero-order valence-corrected chi connectivity index (χ0v) is 11.0. The van der Waals surface area contributed by atoms with Crippen LogP contribution < -0.4 is 5.73 Å². The van der Waals surface area contributed by atoms with Gasteiger partial charge < -0.3 is 14.6 Å². The Balaban J connectivity index is 3.83. The molecule has 0 spiro atoms. The van der Waals surface area contributed by atoms with Crippen molar-refractivity contribution in [3.05, 3.63) is 0 Å². The molecule has 0 heterocycles. The predicted molar refractivity (Wildman–Crippen MR) is 62.6 cm³/mol. The van der Waals surface area contributed by atoms with Gasteiger partial charge in [0.1, 0.15) is 0 Å². The lowest BCUT2D eigenvalue weighted by molar-refractivity contribution is 0.188. The second-order valence-corrected chi connectivity index (χ2v) is 7.21. The average molecular weight is 219 g/mol. The molecule has 0 aromatic heterocycles. The van der Waals surface area contributed by atoms with Crippen LogP contribution in [0.25, 0.3) is 0 Å². The predicted octanol–water partition coefficient (Wildman–Crippen LogP) is 2.26. The third kappa shape index (κ3) is 6.54. The lowest BCUT2D eigenvalue weighted by atomic mass is 10.2. The summed E-state index contributed by atoms with van der Waals surface area (Å²) >= 11 is 0. The van der Waals surface area contributed by atoms with Gasteiger partial charge in [-0.15, -0.1) is 0 Å². The molecule has 0 radical (unpaired) electrons. The Kier molecular flexibility index (Phi) is 7.45. The van der Waals surface area contributed by atoms with Crippen molar-refractivity contribution < 1.29 is 8.85 Å². The van der Waals surface area contributed by atoms with Crippen LogP contribution in [0.4, 0.5) is 0 Å². The molecule has 4 heteroatoms. The van der Waals surface area contributed by atoms with Gasteiger partial charge in [-0.2, -0.15) is 0 Å². The Morgan fingerprint density at radius 1 is 1.21 bits per heavy atom. The summed E-state index contributed by atoms with van der Waals surface area (Å²) in [5.41, 5.74) is 5.70. The van der Waals surface area contributed by atoms with Crippen LogP contribution in [0, 0.1) is 0 Å². The van der Waals surface area contributed by atoms with Gasteiger partial charge in [-0.05, 0) is 46.2 Å². The molecule has 1 unspecified atom stereocenters. The van der Waals surface area contributed by atoms with Crippen molar-refractivity contribution in [1.29, 1.82) is 0 Å². The highest BCUT2D eigenvalue weighted by Gasteiger charge is 2.29. The molecule has 14 heavy (non-hydrogen) atoms. The second kappa shape index (κ2) is 7.40. The molecule has 0 aromatic rings. The van der Waals surface area contributed by atoms with Crippen LogP contribution in [0.3, 0.4) is 0 Å². The summed E-state index contributed by atoms with van der Waals surface area (Å²) in [7, 11) is -1.87. The summed E-state index contributed by atoms with van der Waals surface area (Å²) in [6.45, 7) is 9.73. The van der Waals surface area contributed by atoms with Crippen molar-refractivity contribution in [2.45, 2.75) is 52.2 Å². The van der Waals surface area contributed by atoms with Gasteiger partial charge in [-0.3, -0.25) is 0 Å². The van der Waals surface area contributed by atoms with Gasteiger partial charge >= 0.3 is 8.56 Å². The molecule has 3 nitrogen and oxygen atoms in total. The molecular formula is C10H25NO2Si. The van der Waals surface area contributed by atoms with Crippen LogP contribution in [-0.4, -0.2) is 27.8 Å². The highest BCUT2D eigenvalue weighted by atomic mass is 28.4. The Morgan fingerprint density at radius 2 is 1.71 bits per heavy atom. The van der Waals surface area contributed by atoms with E-state index in [2.05, 4.69) is 6.55 Å². The van der Waals surface area contributed by atoms with E-state index in [-0.39, 0.29) is 6.04 Å². The molecule has 0 amide bonds. The molecule has 0 saturated carbocycles. The van der Waals surface area contributed by atoms with Crippen molar-refractivity contribution in [3.8, 4) is 0 Å². The van der Waals surface area contributed by atoms with E-state index >= 15 is 0 Å². The summed E-state index contributed by atoms with van der Waals surface area (Å²) in [6, 6.07) is 1.34. The lowest BCUT2D eigenvalue weighted by Crippen LogP contribution is -2.38. The van der Waals surface area contributed by atoms with Crippen molar-refractivity contribution in [3.63, 3.8) is 0 Å². The molecule has 0 rings (SSSR count). The molecule has 0 aliphatic rings. The van der Waals surface area contributed by atoms with Gasteiger partial charge in [0, 0.05) is 19.3 Å². The van der Waals surface area contributed by atoms with E-state index in [4.69, 9.17) is 14.6 Å². The smallest absolute Gasteiger partial charge is 0.334 e. The van der Waals surface area contributed by atoms with E-state index in [1.165, 1.54) is 0 Å². The van der Waals surface area contributed by atoms with Crippen LogP contribution >= 0.6 is 0 Å². The Hall–Kier alpha value is 0.0969. The first kappa shape index (κ1) is 14.1. The van der Waals surface area contributed by atoms with Crippen molar-refractivity contribution >= 4 is 8.56 Å².